The lowest BCUT2D eigenvalue weighted by Gasteiger charge is -2.16. The quantitative estimate of drug-likeness (QED) is 0.511. The summed E-state index contributed by atoms with van der Waals surface area (Å²) in [4.78, 5) is 0. The Morgan fingerprint density at radius 2 is 2.62 bits per heavy atom. The fourth-order valence-electron chi connectivity index (χ4n) is 0.685. The van der Waals surface area contributed by atoms with E-state index in [2.05, 4.69) is 0 Å². The number of methoxy groups -OCH3 is 1. The molecule has 0 unspecified atom stereocenters. The highest BCUT2D eigenvalue weighted by Gasteiger charge is 2.06. The Morgan fingerprint density at radius 1 is 1.75 bits per heavy atom. The van der Waals surface area contributed by atoms with Crippen molar-refractivity contribution in [3.63, 3.8) is 0 Å². The number of hydrogen-bond donors (Lipinski definition) is 0. The lowest BCUT2D eigenvalue weighted by molar-refractivity contribution is -0.0920. The molecule has 2 heteroatoms. The summed E-state index contributed by atoms with van der Waals surface area (Å²) in [5.74, 6) is 0. The van der Waals surface area contributed by atoms with Gasteiger partial charge in [-0.3, -0.25) is 0 Å². The van der Waals surface area contributed by atoms with Gasteiger partial charge in [0.25, 0.3) is 0 Å². The molecule has 0 bridgehead atoms. The van der Waals surface area contributed by atoms with Crippen LogP contribution in [0.4, 0.5) is 0 Å². The summed E-state index contributed by atoms with van der Waals surface area (Å²) in [7, 11) is 1.66. The first-order valence-corrected chi connectivity index (χ1v) is 2.77. The molecule has 0 fully saturated rings. The molecule has 2 nitrogen and oxygen atoms in total. The van der Waals surface area contributed by atoms with Crippen LogP contribution in [0.1, 0.15) is 12.8 Å². The highest BCUT2D eigenvalue weighted by atomic mass is 16.7. The highest BCUT2D eigenvalue weighted by Crippen LogP contribution is 2.09. The molecule has 1 rings (SSSR count). The second kappa shape index (κ2) is 2.72. The van der Waals surface area contributed by atoms with Gasteiger partial charge in [-0.05, 0) is 12.5 Å². The number of ether oxygens (including phenoxy) is 2. The van der Waals surface area contributed by atoms with E-state index >= 15 is 0 Å². The van der Waals surface area contributed by atoms with Crippen LogP contribution in [-0.2, 0) is 9.47 Å². The zero-order valence-corrected chi connectivity index (χ0v) is 4.96. The summed E-state index contributed by atoms with van der Waals surface area (Å²) in [5, 5.41) is 0. The van der Waals surface area contributed by atoms with Gasteiger partial charge in [-0.2, -0.15) is 0 Å². The van der Waals surface area contributed by atoms with E-state index in [1.165, 1.54) is 0 Å². The first-order chi connectivity index (χ1) is 3.93. The molecule has 0 amide bonds. The Hall–Kier alpha value is -0.500. The topological polar surface area (TPSA) is 18.5 Å². The lowest BCUT2D eigenvalue weighted by Crippen LogP contribution is -2.13. The van der Waals surface area contributed by atoms with Crippen LogP contribution in [0, 0.1) is 0 Å². The molecule has 0 radical (unpaired) electrons. The van der Waals surface area contributed by atoms with Gasteiger partial charge < -0.3 is 9.47 Å². The van der Waals surface area contributed by atoms with Gasteiger partial charge in [0.2, 0.25) is 0 Å². The van der Waals surface area contributed by atoms with Gasteiger partial charge in [0.15, 0.2) is 6.29 Å². The van der Waals surface area contributed by atoms with E-state index < -0.39 is 0 Å². The normalized spacial score (nSPS) is 27.4. The van der Waals surface area contributed by atoms with Gasteiger partial charge >= 0.3 is 0 Å². The molecule has 46 valence electrons. The molecule has 0 saturated carbocycles. The number of hydrogen-bond acceptors (Lipinski definition) is 2. The smallest absolute Gasteiger partial charge is 0.198 e. The van der Waals surface area contributed by atoms with Gasteiger partial charge in [-0.15, -0.1) is 0 Å². The maximum absolute atomic E-state index is 5.02. The zero-order chi connectivity index (χ0) is 5.82. The minimum absolute atomic E-state index is 0.000000000000000222. The van der Waals surface area contributed by atoms with Crippen molar-refractivity contribution < 1.29 is 9.47 Å². The molecule has 0 aromatic heterocycles. The van der Waals surface area contributed by atoms with Crippen LogP contribution in [0.25, 0.3) is 0 Å². The Bertz CT molecular complexity index is 88.5. The molecule has 1 aliphatic rings. The first kappa shape index (κ1) is 5.63. The SMILES string of the molecule is CO[C@H]1CCC=CO1. The van der Waals surface area contributed by atoms with Crippen molar-refractivity contribution >= 4 is 0 Å². The van der Waals surface area contributed by atoms with E-state index in [-0.39, 0.29) is 6.29 Å². The Labute approximate surface area is 49.1 Å². The van der Waals surface area contributed by atoms with Crippen molar-refractivity contribution in [2.75, 3.05) is 7.11 Å². The summed E-state index contributed by atoms with van der Waals surface area (Å²) in [5.41, 5.74) is 0. The summed E-state index contributed by atoms with van der Waals surface area (Å²) in [6.07, 6.45) is 5.73. The molecular formula is C6H10O2. The summed E-state index contributed by atoms with van der Waals surface area (Å²) in [6, 6.07) is 0. The largest absolute Gasteiger partial charge is 0.473 e. The first-order valence-electron chi connectivity index (χ1n) is 2.77. The van der Waals surface area contributed by atoms with Gasteiger partial charge in [0, 0.05) is 13.5 Å². The van der Waals surface area contributed by atoms with Crippen molar-refractivity contribution in [3.05, 3.63) is 12.3 Å². The minimum Gasteiger partial charge on any atom is -0.473 e. The van der Waals surface area contributed by atoms with E-state index in [1.54, 1.807) is 13.4 Å². The number of allylic oxidation sites excluding steroid dienone is 1. The molecule has 1 heterocycles. The van der Waals surface area contributed by atoms with E-state index in [1.807, 2.05) is 6.08 Å². The second-order valence-electron chi connectivity index (χ2n) is 1.75. The molecule has 0 aromatic rings. The monoisotopic (exact) mass is 114 g/mol. The van der Waals surface area contributed by atoms with Gasteiger partial charge in [-0.25, -0.2) is 0 Å². The third kappa shape index (κ3) is 1.23. The third-order valence-electron chi connectivity index (χ3n) is 1.16. The Kier molecular flexibility index (Phi) is 1.92. The molecule has 1 atom stereocenters. The van der Waals surface area contributed by atoms with Crippen molar-refractivity contribution in [1.29, 1.82) is 0 Å². The van der Waals surface area contributed by atoms with Crippen molar-refractivity contribution in [1.82, 2.24) is 0 Å². The van der Waals surface area contributed by atoms with Crippen LogP contribution in [-0.4, -0.2) is 13.4 Å². The summed E-state index contributed by atoms with van der Waals surface area (Å²) >= 11 is 0. The maximum atomic E-state index is 5.02. The van der Waals surface area contributed by atoms with Crippen LogP contribution in [0.15, 0.2) is 12.3 Å². The minimum atomic E-state index is -0.000000000000000222. The van der Waals surface area contributed by atoms with E-state index in [9.17, 15) is 0 Å². The highest BCUT2D eigenvalue weighted by molar-refractivity contribution is 4.78. The van der Waals surface area contributed by atoms with E-state index in [4.69, 9.17) is 9.47 Å². The van der Waals surface area contributed by atoms with Gasteiger partial charge in [0.05, 0.1) is 6.26 Å². The Morgan fingerprint density at radius 3 is 3.00 bits per heavy atom. The molecule has 0 aliphatic carbocycles. The predicted octanol–water partition coefficient (Wildman–Crippen LogP) is 1.28. The maximum Gasteiger partial charge on any atom is 0.198 e. The van der Waals surface area contributed by atoms with Crippen LogP contribution in [0.3, 0.4) is 0 Å². The molecule has 0 spiro atoms. The molecule has 0 saturated heterocycles. The van der Waals surface area contributed by atoms with Crippen LogP contribution >= 0.6 is 0 Å². The Balaban J connectivity index is 2.27. The molecule has 0 N–H and O–H groups in total. The van der Waals surface area contributed by atoms with Crippen LogP contribution in [0.5, 0.6) is 0 Å². The van der Waals surface area contributed by atoms with Crippen LogP contribution in [0.2, 0.25) is 0 Å². The average molecular weight is 114 g/mol. The second-order valence-corrected chi connectivity index (χ2v) is 1.75. The molecule has 1 aliphatic heterocycles. The van der Waals surface area contributed by atoms with E-state index in [0.29, 0.717) is 0 Å². The molecular weight excluding hydrogens is 104 g/mol. The fraction of sp³-hybridized carbons (Fsp3) is 0.667. The summed E-state index contributed by atoms with van der Waals surface area (Å²) < 4.78 is 9.94. The average Bonchev–Trinajstić information content (AvgIpc) is 1.90. The standard InChI is InChI=1S/C6H10O2/c1-7-6-4-2-3-5-8-6/h3,5-6H,2,4H2,1H3/t6-/m1/s1. The van der Waals surface area contributed by atoms with Crippen molar-refractivity contribution in [2.24, 2.45) is 0 Å². The van der Waals surface area contributed by atoms with Crippen molar-refractivity contribution in [2.45, 2.75) is 19.1 Å². The number of rotatable bonds is 1. The van der Waals surface area contributed by atoms with Gasteiger partial charge in [-0.1, -0.05) is 0 Å². The molecule has 0 aromatic carbocycles. The third-order valence-corrected chi connectivity index (χ3v) is 1.16. The molecule has 8 heavy (non-hydrogen) atoms. The van der Waals surface area contributed by atoms with Crippen molar-refractivity contribution in [3.8, 4) is 0 Å². The zero-order valence-electron chi connectivity index (χ0n) is 4.96. The van der Waals surface area contributed by atoms with E-state index in [0.717, 1.165) is 12.8 Å². The fourth-order valence-corrected chi connectivity index (χ4v) is 0.685. The summed E-state index contributed by atoms with van der Waals surface area (Å²) in [6.45, 7) is 0. The van der Waals surface area contributed by atoms with Crippen LogP contribution < -0.4 is 0 Å². The lowest BCUT2D eigenvalue weighted by atomic mass is 10.3. The van der Waals surface area contributed by atoms with Gasteiger partial charge in [0.1, 0.15) is 0 Å². The predicted molar refractivity (Wildman–Crippen MR) is 30.3 cm³/mol.